The molecule has 0 bridgehead atoms. The van der Waals surface area contributed by atoms with E-state index in [-0.39, 0.29) is 0 Å². The van der Waals surface area contributed by atoms with Crippen molar-refractivity contribution in [3.05, 3.63) is 158 Å². The number of hydrogen-bond donors (Lipinski definition) is 0. The third-order valence-electron chi connectivity index (χ3n) is 9.45. The van der Waals surface area contributed by atoms with Gasteiger partial charge in [0.25, 0.3) is 0 Å². The molecule has 0 saturated heterocycles. The maximum absolute atomic E-state index is 2.52. The standard InChI is InChI=1S/C42H26N2/c1-3-12-27(13-4-1)30-16-7-8-17-31(30)28-22-24-37-35(26-28)33-19-11-21-38-40(33)41-39(43(38)29-14-5-2-6-15-29)25-23-34-32-18-9-10-20-36(32)44(37)42(34)41/h1-26H. The van der Waals surface area contributed by atoms with Crippen LogP contribution in [0, 0.1) is 0 Å². The fraction of sp³-hybridized carbons (Fsp3) is 0. The molecule has 0 amide bonds. The van der Waals surface area contributed by atoms with E-state index in [0.29, 0.717) is 0 Å². The van der Waals surface area contributed by atoms with Gasteiger partial charge in [0.05, 0.1) is 27.6 Å². The van der Waals surface area contributed by atoms with E-state index in [9.17, 15) is 0 Å². The predicted molar refractivity (Wildman–Crippen MR) is 186 cm³/mol. The van der Waals surface area contributed by atoms with Crippen molar-refractivity contribution in [1.82, 2.24) is 8.97 Å². The molecule has 0 aliphatic rings. The molecule has 0 aliphatic carbocycles. The average Bonchev–Trinajstić information content (AvgIpc) is 3.57. The number of aromatic nitrogens is 2. The van der Waals surface area contributed by atoms with E-state index >= 15 is 0 Å². The monoisotopic (exact) mass is 558 g/mol. The molecule has 44 heavy (non-hydrogen) atoms. The maximum Gasteiger partial charge on any atom is 0.0641 e. The molecule has 0 unspecified atom stereocenters. The number of benzene rings is 7. The van der Waals surface area contributed by atoms with Crippen LogP contribution in [0.25, 0.3) is 87.8 Å². The van der Waals surface area contributed by atoms with Crippen LogP contribution in [0.4, 0.5) is 0 Å². The van der Waals surface area contributed by atoms with Crippen molar-refractivity contribution in [1.29, 1.82) is 0 Å². The molecular weight excluding hydrogens is 532 g/mol. The molecule has 0 N–H and O–H groups in total. The molecular formula is C42H26N2. The Morgan fingerprint density at radius 1 is 0.341 bits per heavy atom. The van der Waals surface area contributed by atoms with E-state index < -0.39 is 0 Å². The number of hydrogen-bond acceptors (Lipinski definition) is 0. The van der Waals surface area contributed by atoms with Crippen molar-refractivity contribution in [3.63, 3.8) is 0 Å². The van der Waals surface area contributed by atoms with Gasteiger partial charge in [0.2, 0.25) is 0 Å². The van der Waals surface area contributed by atoms with E-state index in [1.54, 1.807) is 0 Å². The Morgan fingerprint density at radius 2 is 0.955 bits per heavy atom. The Balaban J connectivity index is 1.43. The molecule has 10 aromatic rings. The lowest BCUT2D eigenvalue weighted by Gasteiger charge is -2.12. The second kappa shape index (κ2) is 8.82. The molecule has 3 heterocycles. The molecule has 204 valence electrons. The van der Waals surface area contributed by atoms with E-state index in [1.165, 1.54) is 87.8 Å². The van der Waals surface area contributed by atoms with Crippen LogP contribution in [-0.4, -0.2) is 8.97 Å². The molecule has 7 aromatic carbocycles. The first kappa shape index (κ1) is 23.7. The molecule has 3 aromatic heterocycles. The van der Waals surface area contributed by atoms with Crippen molar-refractivity contribution in [2.24, 2.45) is 0 Å². The number of fused-ring (bicyclic) bond motifs is 6. The maximum atomic E-state index is 2.52. The molecule has 0 fully saturated rings. The van der Waals surface area contributed by atoms with Crippen molar-refractivity contribution in [2.45, 2.75) is 0 Å². The number of nitrogens with zero attached hydrogens (tertiary/aromatic N) is 2. The third kappa shape index (κ3) is 3.09. The Hall–Kier alpha value is -5.86. The fourth-order valence-electron chi connectivity index (χ4n) is 7.65. The smallest absolute Gasteiger partial charge is 0.0641 e. The minimum Gasteiger partial charge on any atom is -0.309 e. The molecule has 0 aliphatic heterocycles. The normalized spacial score (nSPS) is 12.1. The highest BCUT2D eigenvalue weighted by Gasteiger charge is 2.23. The zero-order valence-corrected chi connectivity index (χ0v) is 23.9. The fourth-order valence-corrected chi connectivity index (χ4v) is 7.65. The van der Waals surface area contributed by atoms with Crippen LogP contribution in [-0.2, 0) is 0 Å². The van der Waals surface area contributed by atoms with Crippen molar-refractivity contribution < 1.29 is 0 Å². The lowest BCUT2D eigenvalue weighted by Crippen LogP contribution is -1.93. The van der Waals surface area contributed by atoms with Crippen LogP contribution in [0.2, 0.25) is 0 Å². The topological polar surface area (TPSA) is 9.34 Å². The van der Waals surface area contributed by atoms with Crippen molar-refractivity contribution in [3.8, 4) is 27.9 Å². The Bertz CT molecular complexity index is 2690. The van der Waals surface area contributed by atoms with Crippen LogP contribution in [0.1, 0.15) is 0 Å². The van der Waals surface area contributed by atoms with Crippen LogP contribution in [0.3, 0.4) is 0 Å². The van der Waals surface area contributed by atoms with Crippen molar-refractivity contribution >= 4 is 59.9 Å². The highest BCUT2D eigenvalue weighted by atomic mass is 15.0. The Labute approximate surface area is 254 Å². The van der Waals surface area contributed by atoms with E-state index in [1.807, 2.05) is 0 Å². The van der Waals surface area contributed by atoms with E-state index in [2.05, 4.69) is 167 Å². The van der Waals surface area contributed by atoms with E-state index in [0.717, 1.165) is 0 Å². The van der Waals surface area contributed by atoms with Gasteiger partial charge >= 0.3 is 0 Å². The lowest BCUT2D eigenvalue weighted by molar-refractivity contribution is 1.18. The molecule has 0 atom stereocenters. The van der Waals surface area contributed by atoms with Gasteiger partial charge in [-0.2, -0.15) is 0 Å². The summed E-state index contributed by atoms with van der Waals surface area (Å²) in [7, 11) is 0. The average molecular weight is 559 g/mol. The summed E-state index contributed by atoms with van der Waals surface area (Å²) < 4.78 is 4.96. The third-order valence-corrected chi connectivity index (χ3v) is 9.45. The molecule has 10 rings (SSSR count). The Kier molecular flexibility index (Phi) is 4.75. The van der Waals surface area contributed by atoms with Crippen LogP contribution < -0.4 is 0 Å². The molecule has 2 heteroatoms. The number of rotatable bonds is 3. The van der Waals surface area contributed by atoms with Gasteiger partial charge in [-0.25, -0.2) is 0 Å². The van der Waals surface area contributed by atoms with Crippen LogP contribution >= 0.6 is 0 Å². The quantitative estimate of drug-likeness (QED) is 0.204. The molecule has 0 radical (unpaired) electrons. The lowest BCUT2D eigenvalue weighted by atomic mass is 9.93. The SMILES string of the molecule is c1ccc(-c2ccccc2-c2ccc3c(c2)c2cccc4c2c2c(ccc5c6ccccc6n3c52)n4-c2ccccc2)cc1. The van der Waals surface area contributed by atoms with Gasteiger partial charge in [0.1, 0.15) is 0 Å². The highest BCUT2D eigenvalue weighted by Crippen LogP contribution is 2.46. The summed E-state index contributed by atoms with van der Waals surface area (Å²) in [5.74, 6) is 0. The minimum absolute atomic E-state index is 1.18. The van der Waals surface area contributed by atoms with Gasteiger partial charge in [0, 0.05) is 32.6 Å². The van der Waals surface area contributed by atoms with Gasteiger partial charge < -0.3 is 8.97 Å². The summed E-state index contributed by atoms with van der Waals surface area (Å²) in [6.45, 7) is 0. The largest absolute Gasteiger partial charge is 0.309 e. The highest BCUT2D eigenvalue weighted by molar-refractivity contribution is 6.33. The summed E-state index contributed by atoms with van der Waals surface area (Å²) >= 11 is 0. The zero-order valence-electron chi connectivity index (χ0n) is 23.9. The summed E-state index contributed by atoms with van der Waals surface area (Å²) in [4.78, 5) is 0. The van der Waals surface area contributed by atoms with E-state index in [4.69, 9.17) is 0 Å². The first-order valence-electron chi connectivity index (χ1n) is 15.2. The molecule has 2 nitrogen and oxygen atoms in total. The molecule has 0 spiro atoms. The van der Waals surface area contributed by atoms with Gasteiger partial charge in [-0.05, 0) is 70.1 Å². The first-order chi connectivity index (χ1) is 21.9. The second-order valence-electron chi connectivity index (χ2n) is 11.7. The van der Waals surface area contributed by atoms with Gasteiger partial charge in [-0.3, -0.25) is 0 Å². The molecule has 0 saturated carbocycles. The van der Waals surface area contributed by atoms with Crippen LogP contribution in [0.15, 0.2) is 158 Å². The number of para-hydroxylation sites is 2. The zero-order chi connectivity index (χ0) is 28.8. The van der Waals surface area contributed by atoms with Crippen molar-refractivity contribution in [2.75, 3.05) is 0 Å². The summed E-state index contributed by atoms with van der Waals surface area (Å²) in [6, 6.07) is 57.7. The summed E-state index contributed by atoms with van der Waals surface area (Å²) in [5, 5.41) is 7.73. The Morgan fingerprint density at radius 3 is 1.80 bits per heavy atom. The first-order valence-corrected chi connectivity index (χ1v) is 15.2. The minimum atomic E-state index is 1.18. The van der Waals surface area contributed by atoms with Gasteiger partial charge in [0.15, 0.2) is 0 Å². The van der Waals surface area contributed by atoms with Crippen LogP contribution in [0.5, 0.6) is 0 Å². The van der Waals surface area contributed by atoms with Gasteiger partial charge in [-0.1, -0.05) is 115 Å². The summed E-state index contributed by atoms with van der Waals surface area (Å²) in [6.07, 6.45) is 0. The predicted octanol–water partition coefficient (Wildman–Crippen LogP) is 11.3. The second-order valence-corrected chi connectivity index (χ2v) is 11.7. The van der Waals surface area contributed by atoms with Gasteiger partial charge in [-0.15, -0.1) is 0 Å². The summed E-state index contributed by atoms with van der Waals surface area (Å²) in [5.41, 5.74) is 12.3.